The Morgan fingerprint density at radius 2 is 2.12 bits per heavy atom. The van der Waals surface area contributed by atoms with Crippen molar-refractivity contribution in [2.45, 2.75) is 6.92 Å². The number of hydrogen-bond donors (Lipinski definition) is 2. The third-order valence-corrected chi connectivity index (χ3v) is 2.41. The highest BCUT2D eigenvalue weighted by molar-refractivity contribution is 5.96. The van der Waals surface area contributed by atoms with Gasteiger partial charge in [0.2, 0.25) is 0 Å². The molecule has 0 bridgehead atoms. The van der Waals surface area contributed by atoms with Gasteiger partial charge in [-0.15, -0.1) is 0 Å². The van der Waals surface area contributed by atoms with Gasteiger partial charge in [0.1, 0.15) is 0 Å². The van der Waals surface area contributed by atoms with Crippen LogP contribution in [-0.2, 0) is 0 Å². The van der Waals surface area contributed by atoms with Crippen LogP contribution in [0.5, 0.6) is 0 Å². The number of nitrogens with one attached hydrogen (secondary N) is 2. The summed E-state index contributed by atoms with van der Waals surface area (Å²) in [6, 6.07) is 4.48. The minimum Gasteiger partial charge on any atom is -0.351 e. The van der Waals surface area contributed by atoms with E-state index in [2.05, 4.69) is 10.6 Å². The van der Waals surface area contributed by atoms with Crippen LogP contribution in [0.2, 0.25) is 0 Å². The van der Waals surface area contributed by atoms with Crippen molar-refractivity contribution < 1.29 is 9.72 Å². The van der Waals surface area contributed by atoms with Gasteiger partial charge in [-0.1, -0.05) is 6.07 Å². The van der Waals surface area contributed by atoms with E-state index in [0.717, 1.165) is 0 Å². The van der Waals surface area contributed by atoms with Crippen LogP contribution >= 0.6 is 0 Å². The third kappa shape index (κ3) is 3.25. The molecule has 6 heteroatoms. The minimum atomic E-state index is -0.486. The van der Waals surface area contributed by atoms with Crippen molar-refractivity contribution in [3.05, 3.63) is 39.4 Å². The second kappa shape index (κ2) is 5.95. The number of amides is 1. The highest BCUT2D eigenvalue weighted by atomic mass is 16.6. The molecule has 2 N–H and O–H groups in total. The summed E-state index contributed by atoms with van der Waals surface area (Å²) in [5, 5.41) is 16.3. The fourth-order valence-corrected chi connectivity index (χ4v) is 1.46. The van der Waals surface area contributed by atoms with Crippen molar-refractivity contribution in [2.75, 3.05) is 20.1 Å². The Balaban J connectivity index is 2.87. The van der Waals surface area contributed by atoms with Crippen LogP contribution in [0.15, 0.2) is 18.2 Å². The Hall–Kier alpha value is -1.95. The third-order valence-electron chi connectivity index (χ3n) is 2.41. The molecule has 0 fully saturated rings. The van der Waals surface area contributed by atoms with E-state index in [4.69, 9.17) is 0 Å². The van der Waals surface area contributed by atoms with Gasteiger partial charge >= 0.3 is 0 Å². The number of likely N-dealkylation sites (N-methyl/N-ethyl adjacent to an activating group) is 1. The predicted molar refractivity (Wildman–Crippen MR) is 64.1 cm³/mol. The Morgan fingerprint density at radius 3 is 2.71 bits per heavy atom. The molecule has 0 atom stereocenters. The van der Waals surface area contributed by atoms with Crippen LogP contribution in [0.3, 0.4) is 0 Å². The number of nitro benzene ring substituents is 1. The summed E-state index contributed by atoms with van der Waals surface area (Å²) in [5.41, 5.74) is 0.695. The molecule has 0 aliphatic carbocycles. The van der Waals surface area contributed by atoms with Gasteiger partial charge in [-0.05, 0) is 20.0 Å². The number of carbonyl (C=O) groups is 1. The molecule has 0 aromatic heterocycles. The second-order valence-electron chi connectivity index (χ2n) is 3.57. The van der Waals surface area contributed by atoms with Crippen molar-refractivity contribution in [3.8, 4) is 0 Å². The molecule has 1 rings (SSSR count). The first-order valence-electron chi connectivity index (χ1n) is 5.24. The van der Waals surface area contributed by atoms with Crippen molar-refractivity contribution >= 4 is 11.6 Å². The van der Waals surface area contributed by atoms with Gasteiger partial charge < -0.3 is 10.6 Å². The lowest BCUT2D eigenvalue weighted by Gasteiger charge is -2.07. The molecule has 0 saturated carbocycles. The number of carbonyl (C=O) groups excluding carboxylic acids is 1. The van der Waals surface area contributed by atoms with E-state index in [0.29, 0.717) is 24.2 Å². The number of nitrogens with zero attached hydrogens (tertiary/aromatic N) is 1. The van der Waals surface area contributed by atoms with Crippen molar-refractivity contribution in [3.63, 3.8) is 0 Å². The lowest BCUT2D eigenvalue weighted by molar-refractivity contribution is -0.385. The summed E-state index contributed by atoms with van der Waals surface area (Å²) in [4.78, 5) is 22.0. The summed E-state index contributed by atoms with van der Waals surface area (Å²) < 4.78 is 0. The van der Waals surface area contributed by atoms with Gasteiger partial charge in [0.15, 0.2) is 0 Å². The van der Waals surface area contributed by atoms with Gasteiger partial charge in [0.25, 0.3) is 11.6 Å². The van der Waals surface area contributed by atoms with Crippen LogP contribution in [-0.4, -0.2) is 31.0 Å². The largest absolute Gasteiger partial charge is 0.351 e. The summed E-state index contributed by atoms with van der Waals surface area (Å²) in [6.07, 6.45) is 0. The number of benzene rings is 1. The molecular weight excluding hydrogens is 222 g/mol. The van der Waals surface area contributed by atoms with Crippen molar-refractivity contribution in [1.82, 2.24) is 10.6 Å². The Labute approximate surface area is 99.2 Å². The Bertz CT molecular complexity index is 432. The monoisotopic (exact) mass is 237 g/mol. The predicted octanol–water partition coefficient (Wildman–Crippen LogP) is 0.852. The number of rotatable bonds is 5. The first kappa shape index (κ1) is 13.1. The topological polar surface area (TPSA) is 84.3 Å². The average Bonchev–Trinajstić information content (AvgIpc) is 2.29. The molecule has 92 valence electrons. The molecule has 17 heavy (non-hydrogen) atoms. The van der Waals surface area contributed by atoms with Crippen molar-refractivity contribution in [1.29, 1.82) is 0 Å². The van der Waals surface area contributed by atoms with Crippen LogP contribution in [0.1, 0.15) is 15.9 Å². The zero-order chi connectivity index (χ0) is 12.8. The molecule has 1 aromatic carbocycles. The molecule has 0 spiro atoms. The van der Waals surface area contributed by atoms with Gasteiger partial charge in [0, 0.05) is 30.3 Å². The fraction of sp³-hybridized carbons (Fsp3) is 0.364. The molecule has 1 amide bonds. The summed E-state index contributed by atoms with van der Waals surface area (Å²) >= 11 is 0. The van der Waals surface area contributed by atoms with Crippen LogP contribution in [0, 0.1) is 17.0 Å². The van der Waals surface area contributed by atoms with Crippen LogP contribution < -0.4 is 10.6 Å². The van der Waals surface area contributed by atoms with Gasteiger partial charge in [-0.2, -0.15) is 0 Å². The number of hydrogen-bond acceptors (Lipinski definition) is 4. The maximum atomic E-state index is 11.8. The average molecular weight is 237 g/mol. The van der Waals surface area contributed by atoms with E-state index >= 15 is 0 Å². The molecule has 6 nitrogen and oxygen atoms in total. The molecule has 1 aromatic rings. The Kier molecular flexibility index (Phi) is 4.59. The van der Waals surface area contributed by atoms with Crippen LogP contribution in [0.25, 0.3) is 0 Å². The molecule has 0 radical (unpaired) electrons. The van der Waals surface area contributed by atoms with Crippen molar-refractivity contribution in [2.24, 2.45) is 0 Å². The molecule has 0 unspecified atom stereocenters. The molecular formula is C11H15N3O3. The second-order valence-corrected chi connectivity index (χ2v) is 3.57. The number of nitro groups is 1. The standard InChI is InChI=1S/C11H15N3O3/c1-8-9(11(15)13-7-6-12-2)4-3-5-10(8)14(16)17/h3-5,12H,6-7H2,1-2H3,(H,13,15). The quantitative estimate of drug-likeness (QED) is 0.452. The zero-order valence-corrected chi connectivity index (χ0v) is 9.82. The van der Waals surface area contributed by atoms with E-state index in [1.165, 1.54) is 12.1 Å². The SMILES string of the molecule is CNCCNC(=O)c1cccc([N+](=O)[O-])c1C. The van der Waals surface area contributed by atoms with E-state index in [1.54, 1.807) is 20.0 Å². The highest BCUT2D eigenvalue weighted by Gasteiger charge is 2.17. The van der Waals surface area contributed by atoms with Crippen LogP contribution in [0.4, 0.5) is 5.69 Å². The summed E-state index contributed by atoms with van der Waals surface area (Å²) in [7, 11) is 1.78. The Morgan fingerprint density at radius 1 is 1.41 bits per heavy atom. The maximum absolute atomic E-state index is 11.8. The molecule has 0 saturated heterocycles. The fourth-order valence-electron chi connectivity index (χ4n) is 1.46. The van der Waals surface area contributed by atoms with Gasteiger partial charge in [-0.25, -0.2) is 0 Å². The van der Waals surface area contributed by atoms with Gasteiger partial charge in [-0.3, -0.25) is 14.9 Å². The molecule has 0 aliphatic heterocycles. The summed E-state index contributed by atoms with van der Waals surface area (Å²) in [6.45, 7) is 2.71. The van der Waals surface area contributed by atoms with E-state index in [-0.39, 0.29) is 11.6 Å². The van der Waals surface area contributed by atoms with Gasteiger partial charge in [0.05, 0.1) is 4.92 Å². The zero-order valence-electron chi connectivity index (χ0n) is 9.82. The lowest BCUT2D eigenvalue weighted by Crippen LogP contribution is -2.30. The molecule has 0 heterocycles. The first-order valence-corrected chi connectivity index (χ1v) is 5.24. The normalized spacial score (nSPS) is 10.0. The van der Waals surface area contributed by atoms with E-state index in [9.17, 15) is 14.9 Å². The summed E-state index contributed by atoms with van der Waals surface area (Å²) in [5.74, 6) is -0.290. The van der Waals surface area contributed by atoms with E-state index in [1.807, 2.05) is 0 Å². The first-order chi connectivity index (χ1) is 8.07. The minimum absolute atomic E-state index is 0.0359. The van der Waals surface area contributed by atoms with E-state index < -0.39 is 4.92 Å². The molecule has 0 aliphatic rings. The maximum Gasteiger partial charge on any atom is 0.273 e. The lowest BCUT2D eigenvalue weighted by atomic mass is 10.1. The smallest absolute Gasteiger partial charge is 0.273 e. The highest BCUT2D eigenvalue weighted by Crippen LogP contribution is 2.20.